The highest BCUT2D eigenvalue weighted by Gasteiger charge is 2.84. The summed E-state index contributed by atoms with van der Waals surface area (Å²) in [5.74, 6) is -2.29. The van der Waals surface area contributed by atoms with E-state index in [1.807, 2.05) is 27.7 Å². The fourth-order valence-electron chi connectivity index (χ4n) is 10.9. The molecule has 0 bridgehead atoms. The Hall–Kier alpha value is -1.39. The maximum absolute atomic E-state index is 14.5. The van der Waals surface area contributed by atoms with Gasteiger partial charge < -0.3 is 29.9 Å². The molecule has 1 saturated heterocycles. The number of epoxide rings is 1. The minimum atomic E-state index is -1.91. The number of hydrogen-bond acceptors (Lipinski definition) is 9. The van der Waals surface area contributed by atoms with Crippen LogP contribution < -0.4 is 0 Å². The van der Waals surface area contributed by atoms with Gasteiger partial charge in [0.1, 0.15) is 22.6 Å². The summed E-state index contributed by atoms with van der Waals surface area (Å²) in [7, 11) is 0. The zero-order chi connectivity index (χ0) is 30.9. The molecular formula is C32H50O9. The normalized spacial score (nSPS) is 49.6. The largest absolute Gasteiger partial charge is 0.460 e. The smallest absolute Gasteiger partial charge is 0.303 e. The zero-order valence-electron chi connectivity index (χ0n) is 26.1. The van der Waals surface area contributed by atoms with Crippen LogP contribution in [0, 0.1) is 39.4 Å². The molecule has 9 heteroatoms. The highest BCUT2D eigenvalue weighted by Crippen LogP contribution is 2.79. The molecular weight excluding hydrogens is 528 g/mol. The van der Waals surface area contributed by atoms with Crippen molar-refractivity contribution >= 4 is 17.5 Å². The molecule has 0 radical (unpaired) electrons. The third-order valence-corrected chi connectivity index (χ3v) is 13.2. The number of hydrogen-bond donors (Lipinski definition) is 4. The first kappa shape index (κ1) is 31.0. The van der Waals surface area contributed by atoms with E-state index in [1.54, 1.807) is 13.8 Å². The summed E-state index contributed by atoms with van der Waals surface area (Å²) in [4.78, 5) is 39.6. The van der Waals surface area contributed by atoms with Gasteiger partial charge in [-0.3, -0.25) is 14.4 Å². The lowest BCUT2D eigenvalue weighted by Gasteiger charge is -2.66. The molecule has 41 heavy (non-hydrogen) atoms. The van der Waals surface area contributed by atoms with Gasteiger partial charge in [-0.25, -0.2) is 0 Å². The molecule has 4 aliphatic carbocycles. The summed E-state index contributed by atoms with van der Waals surface area (Å²) in [6.45, 7) is 16.0. The second kappa shape index (κ2) is 8.84. The summed E-state index contributed by atoms with van der Waals surface area (Å²) < 4.78 is 11.8. The molecule has 5 fully saturated rings. The summed E-state index contributed by atoms with van der Waals surface area (Å²) in [6.07, 6.45) is -1.74. The van der Waals surface area contributed by atoms with Crippen molar-refractivity contribution in [3.05, 3.63) is 0 Å². The first-order valence-corrected chi connectivity index (χ1v) is 15.2. The van der Waals surface area contributed by atoms with Gasteiger partial charge in [-0.05, 0) is 63.2 Å². The van der Waals surface area contributed by atoms with E-state index in [1.165, 1.54) is 13.8 Å². The van der Waals surface area contributed by atoms with Crippen LogP contribution in [0.1, 0.15) is 101 Å². The quantitative estimate of drug-likeness (QED) is 0.275. The number of fused-ring (bicyclic) bond motifs is 4. The second-order valence-corrected chi connectivity index (χ2v) is 16.1. The van der Waals surface area contributed by atoms with Gasteiger partial charge in [0.25, 0.3) is 0 Å². The molecule has 1 heterocycles. The van der Waals surface area contributed by atoms with Crippen molar-refractivity contribution in [3.63, 3.8) is 0 Å². The maximum Gasteiger partial charge on any atom is 0.303 e. The van der Waals surface area contributed by atoms with Crippen LogP contribution in [-0.4, -0.2) is 79.2 Å². The van der Waals surface area contributed by atoms with E-state index < -0.39 is 74.4 Å². The summed E-state index contributed by atoms with van der Waals surface area (Å²) in [5, 5.41) is 45.3. The minimum absolute atomic E-state index is 0.00136. The summed E-state index contributed by atoms with van der Waals surface area (Å²) in [5.41, 5.74) is -6.60. The average molecular weight is 579 g/mol. The summed E-state index contributed by atoms with van der Waals surface area (Å²) >= 11 is 0. The molecule has 1 unspecified atom stereocenters. The maximum atomic E-state index is 14.5. The van der Waals surface area contributed by atoms with Crippen LogP contribution in [0.4, 0.5) is 0 Å². The van der Waals surface area contributed by atoms with E-state index in [9.17, 15) is 34.8 Å². The van der Waals surface area contributed by atoms with Gasteiger partial charge in [-0.15, -0.1) is 0 Å². The van der Waals surface area contributed by atoms with Gasteiger partial charge in [0.2, 0.25) is 0 Å². The van der Waals surface area contributed by atoms with Gasteiger partial charge >= 0.3 is 5.97 Å². The van der Waals surface area contributed by atoms with E-state index in [0.717, 1.165) is 0 Å². The molecule has 9 nitrogen and oxygen atoms in total. The minimum Gasteiger partial charge on any atom is -0.460 e. The number of ether oxygens (including phenoxy) is 2. The standard InChI is InChI=1S/C32H50O9/c1-16(33)40-26(2,3)11-10-21(36)31(9,39)24-18(35)14-28(6)19-13-23-32(41-23)20(12-17(34)25(38)27(32,4)5)30(19,8)22(37)15-29(24,28)7/h17-20,23-25,34-35,38-39H,10-15H2,1-9H3/t17-,18+,19-,20-,23+,24?,25+,28-,29+,30+,31-,32-/m0/s1. The number of ketones is 2. The Morgan fingerprint density at radius 2 is 1.59 bits per heavy atom. The van der Waals surface area contributed by atoms with Crippen molar-refractivity contribution in [3.8, 4) is 0 Å². The number of esters is 1. The van der Waals surface area contributed by atoms with Crippen LogP contribution in [0.25, 0.3) is 0 Å². The van der Waals surface area contributed by atoms with Crippen molar-refractivity contribution < 1.29 is 44.3 Å². The molecule has 5 rings (SSSR count). The van der Waals surface area contributed by atoms with Gasteiger partial charge in [-0.2, -0.15) is 0 Å². The van der Waals surface area contributed by atoms with Crippen molar-refractivity contribution in [1.82, 2.24) is 0 Å². The monoisotopic (exact) mass is 578 g/mol. The van der Waals surface area contributed by atoms with Crippen molar-refractivity contribution in [2.45, 2.75) is 142 Å². The highest BCUT2D eigenvalue weighted by atomic mass is 16.6. The number of aliphatic hydroxyl groups excluding tert-OH is 3. The topological polar surface area (TPSA) is 154 Å². The van der Waals surface area contributed by atoms with Crippen LogP contribution in [0.5, 0.6) is 0 Å². The Balaban J connectivity index is 1.49. The lowest BCUT2D eigenvalue weighted by Crippen LogP contribution is -2.71. The molecule has 1 aliphatic heterocycles. The van der Waals surface area contributed by atoms with Crippen molar-refractivity contribution in [1.29, 1.82) is 0 Å². The van der Waals surface area contributed by atoms with Crippen molar-refractivity contribution in [2.24, 2.45) is 39.4 Å². The molecule has 0 aromatic heterocycles. The molecule has 4 saturated carbocycles. The molecule has 12 atom stereocenters. The SMILES string of the molecule is CC(=O)OC(C)(C)CCC(=O)[C@](C)(O)C1[C@H](O)C[C@@]2(C)[C@@H]3C[C@H]4O[C@@]45[C@@H](C[C@H](O)[C@@H](O)C5(C)C)[C@]3(C)C(=O)C[C@]12C. The Morgan fingerprint density at radius 1 is 0.976 bits per heavy atom. The number of aliphatic hydroxyl groups is 4. The van der Waals surface area contributed by atoms with Crippen LogP contribution in [-0.2, 0) is 23.9 Å². The van der Waals surface area contributed by atoms with Crippen LogP contribution in [0.15, 0.2) is 0 Å². The Labute approximate surface area is 243 Å². The molecule has 1 spiro atoms. The number of Topliss-reactive ketones (excluding diaryl/α,β-unsaturated/α-hetero) is 2. The van der Waals surface area contributed by atoms with Crippen LogP contribution in [0.2, 0.25) is 0 Å². The molecule has 4 N–H and O–H groups in total. The molecule has 5 aliphatic rings. The fraction of sp³-hybridized carbons (Fsp3) is 0.906. The van der Waals surface area contributed by atoms with Gasteiger partial charge in [0, 0.05) is 42.4 Å². The lowest BCUT2D eigenvalue weighted by atomic mass is 9.36. The Morgan fingerprint density at radius 3 is 2.17 bits per heavy atom. The first-order valence-electron chi connectivity index (χ1n) is 15.2. The Bertz CT molecular complexity index is 1160. The van der Waals surface area contributed by atoms with E-state index in [2.05, 4.69) is 6.92 Å². The third kappa shape index (κ3) is 3.81. The highest BCUT2D eigenvalue weighted by molar-refractivity contribution is 5.90. The van der Waals surface area contributed by atoms with E-state index in [0.29, 0.717) is 12.8 Å². The van der Waals surface area contributed by atoms with E-state index in [-0.39, 0.29) is 49.4 Å². The molecule has 0 amide bonds. The van der Waals surface area contributed by atoms with Crippen LogP contribution >= 0.6 is 0 Å². The lowest BCUT2D eigenvalue weighted by molar-refractivity contribution is -0.214. The van der Waals surface area contributed by atoms with Gasteiger partial charge in [-0.1, -0.05) is 34.6 Å². The third-order valence-electron chi connectivity index (χ3n) is 13.2. The van der Waals surface area contributed by atoms with Gasteiger partial charge in [0.05, 0.1) is 24.4 Å². The number of rotatable bonds is 6. The van der Waals surface area contributed by atoms with Crippen LogP contribution in [0.3, 0.4) is 0 Å². The second-order valence-electron chi connectivity index (χ2n) is 16.1. The zero-order valence-corrected chi connectivity index (χ0v) is 26.1. The fourth-order valence-corrected chi connectivity index (χ4v) is 10.9. The number of carbonyl (C=O) groups excluding carboxylic acids is 3. The first-order chi connectivity index (χ1) is 18.5. The predicted octanol–water partition coefficient (Wildman–Crippen LogP) is 2.73. The Kier molecular flexibility index (Phi) is 6.69. The number of carbonyl (C=O) groups is 3. The molecule has 0 aromatic rings. The van der Waals surface area contributed by atoms with Gasteiger partial charge in [0.15, 0.2) is 5.78 Å². The predicted molar refractivity (Wildman–Crippen MR) is 148 cm³/mol. The molecule has 232 valence electrons. The van der Waals surface area contributed by atoms with Crippen molar-refractivity contribution in [2.75, 3.05) is 0 Å². The summed E-state index contributed by atoms with van der Waals surface area (Å²) in [6, 6.07) is 0. The van der Waals surface area contributed by atoms with E-state index >= 15 is 0 Å². The average Bonchev–Trinajstić information content (AvgIpc) is 3.51. The molecule has 0 aromatic carbocycles. The van der Waals surface area contributed by atoms with E-state index in [4.69, 9.17) is 9.47 Å².